The third-order valence-corrected chi connectivity index (χ3v) is 2.63. The van der Waals surface area contributed by atoms with Crippen molar-refractivity contribution in [1.29, 1.82) is 0 Å². The fraction of sp³-hybridized carbons (Fsp3) is 0.364. The average Bonchev–Trinajstić information content (AvgIpc) is 2.07. The molecule has 0 heterocycles. The third kappa shape index (κ3) is 2.73. The van der Waals surface area contributed by atoms with Crippen molar-refractivity contribution in [3.05, 3.63) is 34.9 Å². The molecule has 0 aliphatic rings. The van der Waals surface area contributed by atoms with Crippen LogP contribution in [0.5, 0.6) is 0 Å². The zero-order chi connectivity index (χ0) is 10.7. The van der Waals surface area contributed by atoms with Crippen LogP contribution in [0.2, 0.25) is 5.02 Å². The zero-order valence-corrected chi connectivity index (χ0v) is 9.64. The number of carbonyl (C=O) groups excluding carboxylic acids is 1. The van der Waals surface area contributed by atoms with E-state index in [1.165, 1.54) is 0 Å². The minimum atomic E-state index is -0.317. The summed E-state index contributed by atoms with van der Waals surface area (Å²) in [5, 5.41) is 0.348. The number of halogens is 2. The highest BCUT2D eigenvalue weighted by atomic mass is 35.5. The largest absolute Gasteiger partial charge is 0.281 e. The fourth-order valence-corrected chi connectivity index (χ4v) is 1.95. The van der Waals surface area contributed by atoms with Crippen molar-refractivity contribution in [3.63, 3.8) is 0 Å². The molecule has 0 fully saturated rings. The van der Waals surface area contributed by atoms with Crippen molar-refractivity contribution in [2.24, 2.45) is 5.92 Å². The molecule has 0 spiro atoms. The van der Waals surface area contributed by atoms with Gasteiger partial charge in [0.25, 0.3) is 0 Å². The van der Waals surface area contributed by atoms with Crippen molar-refractivity contribution in [2.75, 3.05) is 0 Å². The summed E-state index contributed by atoms with van der Waals surface area (Å²) in [5.41, 5.74) is 0.921. The van der Waals surface area contributed by atoms with Gasteiger partial charge in [-0.15, -0.1) is 0 Å². The van der Waals surface area contributed by atoms with Gasteiger partial charge in [-0.05, 0) is 35.2 Å². The van der Waals surface area contributed by atoms with Gasteiger partial charge in [-0.25, -0.2) is 0 Å². The quantitative estimate of drug-likeness (QED) is 0.722. The smallest absolute Gasteiger partial charge is 0.229 e. The predicted molar refractivity (Wildman–Crippen MR) is 59.9 cm³/mol. The molecule has 1 nitrogen and oxygen atoms in total. The molecule has 0 saturated carbocycles. The molecule has 0 amide bonds. The number of benzene rings is 1. The van der Waals surface area contributed by atoms with Gasteiger partial charge >= 0.3 is 0 Å². The van der Waals surface area contributed by atoms with E-state index in [9.17, 15) is 4.79 Å². The Hall–Kier alpha value is -0.530. The van der Waals surface area contributed by atoms with Crippen molar-refractivity contribution in [2.45, 2.75) is 19.8 Å². The van der Waals surface area contributed by atoms with E-state index in [1.807, 2.05) is 26.0 Å². The monoisotopic (exact) mass is 230 g/mol. The van der Waals surface area contributed by atoms with E-state index in [0.29, 0.717) is 5.02 Å². The lowest BCUT2D eigenvalue weighted by Gasteiger charge is -2.16. The van der Waals surface area contributed by atoms with Crippen LogP contribution in [-0.4, -0.2) is 5.24 Å². The minimum Gasteiger partial charge on any atom is -0.281 e. The van der Waals surface area contributed by atoms with Crippen LogP contribution >= 0.6 is 23.2 Å². The molecule has 3 heteroatoms. The second kappa shape index (κ2) is 4.81. The number of rotatable bonds is 3. The SMILES string of the molecule is CC(C)[C@H](C(=O)Cl)c1ccc(Cl)cc1. The van der Waals surface area contributed by atoms with Gasteiger partial charge in [-0.2, -0.15) is 0 Å². The van der Waals surface area contributed by atoms with Crippen LogP contribution in [0.25, 0.3) is 0 Å². The summed E-state index contributed by atoms with van der Waals surface area (Å²) in [6.45, 7) is 3.94. The maximum Gasteiger partial charge on any atom is 0.229 e. The standard InChI is InChI=1S/C11H12Cl2O/c1-7(2)10(11(13)14)8-3-5-9(12)6-4-8/h3-7,10H,1-2H3/t10-/m0/s1. The third-order valence-electron chi connectivity index (χ3n) is 2.14. The Labute approximate surface area is 94.0 Å². The molecular weight excluding hydrogens is 219 g/mol. The predicted octanol–water partition coefficient (Wildman–Crippen LogP) is 3.85. The van der Waals surface area contributed by atoms with Crippen LogP contribution < -0.4 is 0 Å². The van der Waals surface area contributed by atoms with Gasteiger partial charge in [0.05, 0.1) is 5.92 Å². The Kier molecular flexibility index (Phi) is 3.97. The van der Waals surface area contributed by atoms with Crippen molar-refractivity contribution < 1.29 is 4.79 Å². The van der Waals surface area contributed by atoms with Crippen molar-refractivity contribution in [3.8, 4) is 0 Å². The number of carbonyl (C=O) groups is 1. The molecule has 0 radical (unpaired) electrons. The van der Waals surface area contributed by atoms with Crippen molar-refractivity contribution >= 4 is 28.4 Å². The molecule has 76 valence electrons. The van der Waals surface area contributed by atoms with Crippen LogP contribution in [0.4, 0.5) is 0 Å². The molecule has 0 aromatic heterocycles. The van der Waals surface area contributed by atoms with Crippen LogP contribution in [0.1, 0.15) is 25.3 Å². The van der Waals surface area contributed by atoms with Crippen LogP contribution in [0, 0.1) is 5.92 Å². The maximum atomic E-state index is 11.2. The first-order chi connectivity index (χ1) is 6.52. The summed E-state index contributed by atoms with van der Waals surface area (Å²) >= 11 is 11.3. The fourth-order valence-electron chi connectivity index (χ4n) is 1.45. The number of hydrogen-bond acceptors (Lipinski definition) is 1. The summed E-state index contributed by atoms with van der Waals surface area (Å²) in [6.07, 6.45) is 0. The highest BCUT2D eigenvalue weighted by molar-refractivity contribution is 6.64. The maximum absolute atomic E-state index is 11.2. The molecule has 0 bridgehead atoms. The van der Waals surface area contributed by atoms with E-state index in [2.05, 4.69) is 0 Å². The molecule has 1 rings (SSSR count). The second-order valence-corrected chi connectivity index (χ2v) is 4.39. The van der Waals surface area contributed by atoms with Gasteiger partial charge in [-0.1, -0.05) is 37.6 Å². The van der Waals surface area contributed by atoms with Crippen LogP contribution in [0.15, 0.2) is 24.3 Å². The highest BCUT2D eigenvalue weighted by Gasteiger charge is 2.21. The summed E-state index contributed by atoms with van der Waals surface area (Å²) in [6, 6.07) is 7.22. The Bertz CT molecular complexity index is 317. The van der Waals surface area contributed by atoms with Crippen LogP contribution in [-0.2, 0) is 4.79 Å². The lowest BCUT2D eigenvalue weighted by atomic mass is 9.90. The molecular formula is C11H12Cl2O. The van der Waals surface area contributed by atoms with Gasteiger partial charge in [0, 0.05) is 5.02 Å². The average molecular weight is 231 g/mol. The van der Waals surface area contributed by atoms with Gasteiger partial charge in [0.2, 0.25) is 5.24 Å². The Morgan fingerprint density at radius 2 is 1.71 bits per heavy atom. The van der Waals surface area contributed by atoms with Crippen LogP contribution in [0.3, 0.4) is 0 Å². The second-order valence-electron chi connectivity index (χ2n) is 3.58. The molecule has 0 saturated heterocycles. The normalized spacial score (nSPS) is 12.9. The van der Waals surface area contributed by atoms with Gasteiger partial charge in [-0.3, -0.25) is 4.79 Å². The summed E-state index contributed by atoms with van der Waals surface area (Å²) in [5.74, 6) is -0.0462. The molecule has 14 heavy (non-hydrogen) atoms. The van der Waals surface area contributed by atoms with E-state index in [4.69, 9.17) is 23.2 Å². The molecule has 0 unspecified atom stereocenters. The summed E-state index contributed by atoms with van der Waals surface area (Å²) in [7, 11) is 0. The molecule has 1 atom stereocenters. The first-order valence-corrected chi connectivity index (χ1v) is 5.22. The minimum absolute atomic E-state index is 0.196. The first kappa shape index (κ1) is 11.5. The van der Waals surface area contributed by atoms with E-state index < -0.39 is 0 Å². The zero-order valence-electron chi connectivity index (χ0n) is 8.13. The van der Waals surface area contributed by atoms with Gasteiger partial charge < -0.3 is 0 Å². The molecule has 0 aliphatic heterocycles. The molecule has 0 N–H and O–H groups in total. The lowest BCUT2D eigenvalue weighted by Crippen LogP contribution is -2.13. The number of hydrogen-bond donors (Lipinski definition) is 0. The highest BCUT2D eigenvalue weighted by Crippen LogP contribution is 2.27. The topological polar surface area (TPSA) is 17.1 Å². The first-order valence-electron chi connectivity index (χ1n) is 4.47. The Morgan fingerprint density at radius 3 is 2.07 bits per heavy atom. The van der Waals surface area contributed by atoms with Crippen molar-refractivity contribution in [1.82, 2.24) is 0 Å². The van der Waals surface area contributed by atoms with Gasteiger partial charge in [0.1, 0.15) is 0 Å². The Morgan fingerprint density at radius 1 is 1.21 bits per heavy atom. The summed E-state index contributed by atoms with van der Waals surface area (Å²) in [4.78, 5) is 11.2. The van der Waals surface area contributed by atoms with E-state index in [1.54, 1.807) is 12.1 Å². The molecule has 0 aliphatic carbocycles. The van der Waals surface area contributed by atoms with E-state index >= 15 is 0 Å². The summed E-state index contributed by atoms with van der Waals surface area (Å²) < 4.78 is 0. The molecule has 1 aromatic rings. The molecule has 1 aromatic carbocycles. The van der Waals surface area contributed by atoms with E-state index in [0.717, 1.165) is 5.56 Å². The lowest BCUT2D eigenvalue weighted by molar-refractivity contribution is -0.113. The van der Waals surface area contributed by atoms with E-state index in [-0.39, 0.29) is 17.1 Å². The van der Waals surface area contributed by atoms with Gasteiger partial charge in [0.15, 0.2) is 0 Å². The Balaban J connectivity index is 3.00.